The predicted molar refractivity (Wildman–Crippen MR) is 72.4 cm³/mol. The van der Waals surface area contributed by atoms with Crippen LogP contribution in [0, 0.1) is 5.92 Å². The van der Waals surface area contributed by atoms with Gasteiger partial charge in [-0.25, -0.2) is 4.79 Å². The standard InChI is InChI=1S/C14H18N2O4/c17-13(18)11-9-16(14(19)20)7-6-12(11)15-8-10-4-2-1-3-5-10/h1-5,11-12,15H,6-9H2,(H,17,18)(H,19,20)/t11-,12+/m0/s1. The highest BCUT2D eigenvalue weighted by Gasteiger charge is 2.35. The molecule has 0 bridgehead atoms. The van der Waals surface area contributed by atoms with Crippen molar-refractivity contribution < 1.29 is 19.8 Å². The minimum atomic E-state index is -1.06. The van der Waals surface area contributed by atoms with Crippen LogP contribution in [0.25, 0.3) is 0 Å². The lowest BCUT2D eigenvalue weighted by molar-refractivity contribution is -0.144. The zero-order valence-corrected chi connectivity index (χ0v) is 11.0. The topological polar surface area (TPSA) is 89.9 Å². The molecule has 1 fully saturated rings. The molecule has 2 atom stereocenters. The molecule has 108 valence electrons. The lowest BCUT2D eigenvalue weighted by atomic mass is 9.92. The molecule has 1 aromatic carbocycles. The van der Waals surface area contributed by atoms with Crippen LogP contribution in [0.15, 0.2) is 30.3 Å². The quantitative estimate of drug-likeness (QED) is 0.770. The number of carbonyl (C=O) groups is 2. The third kappa shape index (κ3) is 3.48. The number of amides is 1. The molecule has 0 radical (unpaired) electrons. The molecule has 0 aromatic heterocycles. The Balaban J connectivity index is 1.96. The highest BCUT2D eigenvalue weighted by molar-refractivity contribution is 5.73. The first-order chi connectivity index (χ1) is 9.58. The Hall–Kier alpha value is -2.08. The van der Waals surface area contributed by atoms with Crippen molar-refractivity contribution in [1.29, 1.82) is 0 Å². The molecule has 0 spiro atoms. The summed E-state index contributed by atoms with van der Waals surface area (Å²) in [6.07, 6.45) is -0.548. The van der Waals surface area contributed by atoms with Gasteiger partial charge in [-0.3, -0.25) is 4.79 Å². The van der Waals surface area contributed by atoms with E-state index in [-0.39, 0.29) is 12.6 Å². The van der Waals surface area contributed by atoms with Crippen molar-refractivity contribution in [1.82, 2.24) is 10.2 Å². The molecule has 1 heterocycles. The van der Waals surface area contributed by atoms with Crippen molar-refractivity contribution in [2.75, 3.05) is 13.1 Å². The van der Waals surface area contributed by atoms with E-state index in [9.17, 15) is 14.7 Å². The van der Waals surface area contributed by atoms with E-state index in [4.69, 9.17) is 5.11 Å². The number of rotatable bonds is 4. The summed E-state index contributed by atoms with van der Waals surface area (Å²) in [7, 11) is 0. The Kier molecular flexibility index (Phi) is 4.57. The van der Waals surface area contributed by atoms with E-state index < -0.39 is 18.0 Å². The second kappa shape index (κ2) is 6.38. The zero-order valence-electron chi connectivity index (χ0n) is 11.0. The SMILES string of the molecule is O=C(O)[C@H]1CN(C(=O)O)CC[C@H]1NCc1ccccc1. The molecular weight excluding hydrogens is 260 g/mol. The second-order valence-electron chi connectivity index (χ2n) is 4.93. The van der Waals surface area contributed by atoms with Crippen molar-refractivity contribution in [3.63, 3.8) is 0 Å². The van der Waals surface area contributed by atoms with Gasteiger partial charge in [-0.2, -0.15) is 0 Å². The smallest absolute Gasteiger partial charge is 0.407 e. The zero-order chi connectivity index (χ0) is 14.5. The van der Waals surface area contributed by atoms with Crippen molar-refractivity contribution in [3.8, 4) is 0 Å². The van der Waals surface area contributed by atoms with Crippen LogP contribution in [-0.2, 0) is 11.3 Å². The molecule has 20 heavy (non-hydrogen) atoms. The molecule has 1 aliphatic heterocycles. The Bertz CT molecular complexity index is 477. The first-order valence-corrected chi connectivity index (χ1v) is 6.56. The first kappa shape index (κ1) is 14.3. The maximum absolute atomic E-state index is 11.3. The van der Waals surface area contributed by atoms with Gasteiger partial charge in [-0.1, -0.05) is 30.3 Å². The summed E-state index contributed by atoms with van der Waals surface area (Å²) in [5.74, 6) is -1.66. The lowest BCUT2D eigenvalue weighted by Crippen LogP contribution is -2.53. The van der Waals surface area contributed by atoms with Gasteiger partial charge in [0.25, 0.3) is 0 Å². The van der Waals surface area contributed by atoms with Crippen molar-refractivity contribution in [2.24, 2.45) is 5.92 Å². The average Bonchev–Trinajstić information content (AvgIpc) is 2.45. The Labute approximate surface area is 117 Å². The van der Waals surface area contributed by atoms with Gasteiger partial charge in [0.05, 0.1) is 5.92 Å². The average molecular weight is 278 g/mol. The van der Waals surface area contributed by atoms with E-state index in [1.807, 2.05) is 30.3 Å². The van der Waals surface area contributed by atoms with Gasteiger partial charge in [0.1, 0.15) is 0 Å². The molecule has 0 saturated carbocycles. The van der Waals surface area contributed by atoms with Crippen LogP contribution in [0.2, 0.25) is 0 Å². The predicted octanol–water partition coefficient (Wildman–Crippen LogP) is 1.23. The highest BCUT2D eigenvalue weighted by atomic mass is 16.4. The van der Waals surface area contributed by atoms with Crippen LogP contribution in [0.4, 0.5) is 4.79 Å². The highest BCUT2D eigenvalue weighted by Crippen LogP contribution is 2.18. The van der Waals surface area contributed by atoms with Gasteiger partial charge in [-0.15, -0.1) is 0 Å². The number of aliphatic carboxylic acids is 1. The maximum atomic E-state index is 11.3. The number of likely N-dealkylation sites (tertiary alicyclic amines) is 1. The normalized spacial score (nSPS) is 22.5. The number of carboxylic acid groups (broad SMARTS) is 2. The van der Waals surface area contributed by atoms with Crippen LogP contribution in [0.5, 0.6) is 0 Å². The lowest BCUT2D eigenvalue weighted by Gasteiger charge is -2.35. The second-order valence-corrected chi connectivity index (χ2v) is 4.93. The summed E-state index contributed by atoms with van der Waals surface area (Å²) in [5.41, 5.74) is 1.08. The molecule has 1 saturated heterocycles. The number of nitrogens with zero attached hydrogens (tertiary/aromatic N) is 1. The van der Waals surface area contributed by atoms with E-state index in [0.717, 1.165) is 5.56 Å². The van der Waals surface area contributed by atoms with Crippen LogP contribution >= 0.6 is 0 Å². The van der Waals surface area contributed by atoms with E-state index in [1.165, 1.54) is 4.90 Å². The van der Waals surface area contributed by atoms with Gasteiger partial charge < -0.3 is 20.4 Å². The Morgan fingerprint density at radius 3 is 2.55 bits per heavy atom. The summed E-state index contributed by atoms with van der Waals surface area (Å²) >= 11 is 0. The number of carboxylic acids is 1. The molecule has 0 aliphatic carbocycles. The van der Waals surface area contributed by atoms with Crippen molar-refractivity contribution >= 4 is 12.1 Å². The van der Waals surface area contributed by atoms with Crippen molar-refractivity contribution in [2.45, 2.75) is 19.0 Å². The third-order valence-corrected chi connectivity index (χ3v) is 3.61. The molecule has 3 N–H and O–H groups in total. The molecular formula is C14H18N2O4. The molecule has 2 rings (SSSR count). The fourth-order valence-corrected chi connectivity index (χ4v) is 2.47. The van der Waals surface area contributed by atoms with Crippen molar-refractivity contribution in [3.05, 3.63) is 35.9 Å². The molecule has 0 unspecified atom stereocenters. The van der Waals surface area contributed by atoms with E-state index in [1.54, 1.807) is 0 Å². The van der Waals surface area contributed by atoms with E-state index in [2.05, 4.69) is 5.32 Å². The number of nitrogens with one attached hydrogen (secondary N) is 1. The summed E-state index contributed by atoms with van der Waals surface area (Å²) in [6, 6.07) is 9.51. The molecule has 6 nitrogen and oxygen atoms in total. The Morgan fingerprint density at radius 1 is 1.25 bits per heavy atom. The number of hydrogen-bond acceptors (Lipinski definition) is 3. The minimum Gasteiger partial charge on any atom is -0.481 e. The molecule has 1 aromatic rings. The monoisotopic (exact) mass is 278 g/mol. The summed E-state index contributed by atoms with van der Waals surface area (Å²) in [6.45, 7) is 0.991. The van der Waals surface area contributed by atoms with Crippen LogP contribution in [0.1, 0.15) is 12.0 Å². The number of piperidine rings is 1. The largest absolute Gasteiger partial charge is 0.481 e. The molecule has 1 amide bonds. The number of hydrogen-bond donors (Lipinski definition) is 3. The number of benzene rings is 1. The third-order valence-electron chi connectivity index (χ3n) is 3.61. The van der Waals surface area contributed by atoms with Crippen LogP contribution in [0.3, 0.4) is 0 Å². The summed E-state index contributed by atoms with van der Waals surface area (Å²) in [5, 5.41) is 21.4. The molecule has 6 heteroatoms. The van der Waals surface area contributed by atoms with Crippen LogP contribution < -0.4 is 5.32 Å². The van der Waals surface area contributed by atoms with Gasteiger partial charge in [0.15, 0.2) is 0 Å². The van der Waals surface area contributed by atoms with E-state index >= 15 is 0 Å². The van der Waals surface area contributed by atoms with Gasteiger partial charge in [0.2, 0.25) is 0 Å². The van der Waals surface area contributed by atoms with Gasteiger partial charge in [-0.05, 0) is 12.0 Å². The minimum absolute atomic E-state index is 0.0388. The van der Waals surface area contributed by atoms with E-state index in [0.29, 0.717) is 19.5 Å². The van der Waals surface area contributed by atoms with Gasteiger partial charge in [0, 0.05) is 25.7 Å². The summed E-state index contributed by atoms with van der Waals surface area (Å²) < 4.78 is 0. The first-order valence-electron chi connectivity index (χ1n) is 6.56. The maximum Gasteiger partial charge on any atom is 0.407 e. The van der Waals surface area contributed by atoms with Gasteiger partial charge >= 0.3 is 12.1 Å². The van der Waals surface area contributed by atoms with Crippen LogP contribution in [-0.4, -0.2) is 46.3 Å². The summed E-state index contributed by atoms with van der Waals surface area (Å²) in [4.78, 5) is 23.4. The fourth-order valence-electron chi connectivity index (χ4n) is 2.47. The molecule has 1 aliphatic rings. The Morgan fingerprint density at radius 2 is 1.95 bits per heavy atom. The fraction of sp³-hybridized carbons (Fsp3) is 0.429.